The van der Waals surface area contributed by atoms with Crippen molar-refractivity contribution in [2.75, 3.05) is 11.4 Å². The average Bonchev–Trinajstić information content (AvgIpc) is 3.25. The number of hydrogen-bond acceptors (Lipinski definition) is 3. The first-order valence-corrected chi connectivity index (χ1v) is 12.2. The molecule has 0 saturated carbocycles. The van der Waals surface area contributed by atoms with E-state index in [1.807, 2.05) is 11.5 Å². The second-order valence-corrected chi connectivity index (χ2v) is 8.99. The molecule has 36 heavy (non-hydrogen) atoms. The van der Waals surface area contributed by atoms with Crippen LogP contribution in [0.25, 0.3) is 0 Å². The number of unbranched alkanes of at least 4 members (excludes halogenated alkanes) is 1. The normalized spacial score (nSPS) is 13.7. The quantitative estimate of drug-likeness (QED) is 0.441. The molecule has 4 rings (SSSR count). The molecule has 0 aliphatic carbocycles. The predicted octanol–water partition coefficient (Wildman–Crippen LogP) is 5.57. The van der Waals surface area contributed by atoms with E-state index in [1.165, 1.54) is 23.1 Å². The van der Waals surface area contributed by atoms with E-state index in [2.05, 4.69) is 5.32 Å². The van der Waals surface area contributed by atoms with Crippen molar-refractivity contribution in [2.45, 2.75) is 58.5 Å². The van der Waals surface area contributed by atoms with Gasteiger partial charge >= 0.3 is 0 Å². The first kappa shape index (κ1) is 25.5. The van der Waals surface area contributed by atoms with Crippen molar-refractivity contribution in [1.82, 2.24) is 14.9 Å². The van der Waals surface area contributed by atoms with Crippen LogP contribution in [0.5, 0.6) is 0 Å². The Morgan fingerprint density at radius 3 is 2.53 bits per heavy atom. The molecule has 1 atom stereocenters. The topological polar surface area (TPSA) is 67.2 Å². The molecule has 1 N–H and O–H groups in total. The number of carbonyl (C=O) groups is 2. The maximum atomic E-state index is 13.9. The number of carbonyl (C=O) groups excluding carboxylic acids is 2. The Kier molecular flexibility index (Phi) is 7.76. The van der Waals surface area contributed by atoms with Crippen molar-refractivity contribution in [3.05, 3.63) is 82.6 Å². The summed E-state index contributed by atoms with van der Waals surface area (Å²) in [6.45, 7) is 4.60. The van der Waals surface area contributed by atoms with Crippen LogP contribution < -0.4 is 10.2 Å². The van der Waals surface area contributed by atoms with E-state index in [4.69, 9.17) is 4.98 Å². The summed E-state index contributed by atoms with van der Waals surface area (Å²) in [6, 6.07) is 8.45. The molecule has 190 valence electrons. The van der Waals surface area contributed by atoms with E-state index >= 15 is 0 Å². The molecule has 1 aromatic heterocycles. The van der Waals surface area contributed by atoms with Crippen molar-refractivity contribution in [3.63, 3.8) is 0 Å². The molecule has 2 heterocycles. The number of nitrogens with one attached hydrogen (secondary N) is 1. The lowest BCUT2D eigenvalue weighted by molar-refractivity contribution is 0.0929. The molecule has 3 aromatic rings. The molecular weight excluding hydrogens is 469 g/mol. The molecule has 0 bridgehead atoms. The molecule has 0 radical (unpaired) electrons. The Hall–Kier alpha value is -3.62. The molecular formula is C27H29F3N4O2. The Morgan fingerprint density at radius 2 is 1.83 bits per heavy atom. The maximum absolute atomic E-state index is 13.9. The van der Waals surface area contributed by atoms with Crippen molar-refractivity contribution in [3.8, 4) is 0 Å². The molecule has 2 aromatic carbocycles. The number of aryl methyl sites for hydroxylation is 1. The second-order valence-electron chi connectivity index (χ2n) is 8.99. The molecule has 6 nitrogen and oxygen atoms in total. The summed E-state index contributed by atoms with van der Waals surface area (Å²) < 4.78 is 42.6. The fraction of sp³-hybridized carbons (Fsp3) is 0.370. The fourth-order valence-electron chi connectivity index (χ4n) is 4.39. The minimum Gasteiger partial charge on any atom is -0.344 e. The first-order valence-electron chi connectivity index (χ1n) is 12.2. The van der Waals surface area contributed by atoms with Crippen molar-refractivity contribution in [2.24, 2.45) is 0 Å². The van der Waals surface area contributed by atoms with Crippen LogP contribution in [0.15, 0.2) is 42.5 Å². The van der Waals surface area contributed by atoms with E-state index in [-0.39, 0.29) is 29.4 Å². The lowest BCUT2D eigenvalue weighted by Crippen LogP contribution is -2.36. The molecule has 0 saturated heterocycles. The number of nitrogens with zero attached hydrogens (tertiary/aromatic N) is 3. The molecule has 2 amide bonds. The average molecular weight is 499 g/mol. The Bertz CT molecular complexity index is 1260. The summed E-state index contributed by atoms with van der Waals surface area (Å²) in [7, 11) is 0. The van der Waals surface area contributed by atoms with Gasteiger partial charge in [-0.1, -0.05) is 25.5 Å². The highest BCUT2D eigenvalue weighted by Crippen LogP contribution is 2.29. The summed E-state index contributed by atoms with van der Waals surface area (Å²) in [5.41, 5.74) is 0.957. The van der Waals surface area contributed by atoms with Gasteiger partial charge in [0.05, 0.1) is 6.04 Å². The third kappa shape index (κ3) is 5.29. The zero-order valence-electron chi connectivity index (χ0n) is 20.4. The lowest BCUT2D eigenvalue weighted by Gasteiger charge is -2.23. The van der Waals surface area contributed by atoms with Crippen LogP contribution >= 0.6 is 0 Å². The van der Waals surface area contributed by atoms with Crippen LogP contribution in [0.1, 0.15) is 77.8 Å². The van der Waals surface area contributed by atoms with Gasteiger partial charge in [0.25, 0.3) is 11.8 Å². The molecule has 1 aliphatic heterocycles. The number of benzene rings is 2. The standard InChI is InChI=1S/C27H29F3N4O2/c1-3-4-14-34(27(36)19-10-13-21(29)22(30)16-19)25-24(33-15-6-5-7-23(33)32-25)26(35)31-17(2)18-8-11-20(28)12-9-18/h8-13,16-17H,3-7,14-15H2,1-2H3,(H,31,35). The monoisotopic (exact) mass is 498 g/mol. The van der Waals surface area contributed by atoms with Gasteiger partial charge in [-0.3, -0.25) is 14.5 Å². The summed E-state index contributed by atoms with van der Waals surface area (Å²) in [5.74, 6) is -2.59. The van der Waals surface area contributed by atoms with Crippen molar-refractivity contribution < 1.29 is 22.8 Å². The number of rotatable bonds is 8. The number of anilines is 1. The van der Waals surface area contributed by atoms with Gasteiger partial charge in [0.2, 0.25) is 0 Å². The zero-order valence-corrected chi connectivity index (χ0v) is 20.4. The number of aromatic nitrogens is 2. The van der Waals surface area contributed by atoms with Crippen LogP contribution in [0, 0.1) is 17.5 Å². The van der Waals surface area contributed by atoms with E-state index in [0.29, 0.717) is 25.2 Å². The Labute approximate surface area is 208 Å². The van der Waals surface area contributed by atoms with Gasteiger partial charge in [-0.15, -0.1) is 0 Å². The summed E-state index contributed by atoms with van der Waals surface area (Å²) >= 11 is 0. The number of imidazole rings is 1. The van der Waals surface area contributed by atoms with Gasteiger partial charge in [0.15, 0.2) is 23.1 Å². The highest BCUT2D eigenvalue weighted by molar-refractivity contribution is 6.09. The van der Waals surface area contributed by atoms with Gasteiger partial charge < -0.3 is 9.88 Å². The Morgan fingerprint density at radius 1 is 1.08 bits per heavy atom. The van der Waals surface area contributed by atoms with Crippen LogP contribution in [0.4, 0.5) is 19.0 Å². The van der Waals surface area contributed by atoms with Crippen LogP contribution in [0.3, 0.4) is 0 Å². The highest BCUT2D eigenvalue weighted by atomic mass is 19.2. The highest BCUT2D eigenvalue weighted by Gasteiger charge is 2.32. The largest absolute Gasteiger partial charge is 0.344 e. The lowest BCUT2D eigenvalue weighted by atomic mass is 10.1. The van der Waals surface area contributed by atoms with Gasteiger partial charge in [0.1, 0.15) is 11.6 Å². The van der Waals surface area contributed by atoms with E-state index in [0.717, 1.165) is 37.0 Å². The van der Waals surface area contributed by atoms with Gasteiger partial charge in [-0.2, -0.15) is 0 Å². The van der Waals surface area contributed by atoms with Crippen molar-refractivity contribution >= 4 is 17.6 Å². The second kappa shape index (κ2) is 11.0. The number of amides is 2. The molecule has 1 unspecified atom stereocenters. The summed E-state index contributed by atoms with van der Waals surface area (Å²) in [4.78, 5) is 33.2. The van der Waals surface area contributed by atoms with Crippen LogP contribution in [0.2, 0.25) is 0 Å². The summed E-state index contributed by atoms with van der Waals surface area (Å²) in [6.07, 6.45) is 3.84. The Balaban J connectivity index is 1.73. The molecule has 0 spiro atoms. The first-order chi connectivity index (χ1) is 17.3. The van der Waals surface area contributed by atoms with Crippen molar-refractivity contribution in [1.29, 1.82) is 0 Å². The van der Waals surface area contributed by atoms with Gasteiger partial charge in [0, 0.05) is 25.1 Å². The SMILES string of the molecule is CCCCN(C(=O)c1ccc(F)c(F)c1)c1nc2n(c1C(=O)NC(C)c1ccc(F)cc1)CCCC2. The van der Waals surface area contributed by atoms with Crippen LogP contribution in [-0.4, -0.2) is 27.9 Å². The smallest absolute Gasteiger partial charge is 0.272 e. The van der Waals surface area contributed by atoms with E-state index in [9.17, 15) is 22.8 Å². The predicted molar refractivity (Wildman–Crippen MR) is 130 cm³/mol. The number of halogens is 3. The van der Waals surface area contributed by atoms with Gasteiger partial charge in [-0.25, -0.2) is 18.2 Å². The summed E-state index contributed by atoms with van der Waals surface area (Å²) in [5, 5.41) is 2.95. The molecule has 9 heteroatoms. The fourth-order valence-corrected chi connectivity index (χ4v) is 4.39. The third-order valence-electron chi connectivity index (χ3n) is 6.40. The molecule has 1 aliphatic rings. The maximum Gasteiger partial charge on any atom is 0.272 e. The number of hydrogen-bond donors (Lipinski definition) is 1. The van der Waals surface area contributed by atoms with Gasteiger partial charge in [-0.05, 0) is 62.1 Å². The minimum atomic E-state index is -1.12. The third-order valence-corrected chi connectivity index (χ3v) is 6.40. The van der Waals surface area contributed by atoms with E-state index < -0.39 is 29.5 Å². The van der Waals surface area contributed by atoms with E-state index in [1.54, 1.807) is 19.1 Å². The molecule has 0 fully saturated rings. The minimum absolute atomic E-state index is 0.0259. The number of fused-ring (bicyclic) bond motifs is 1. The zero-order chi connectivity index (χ0) is 25.8. The van der Waals surface area contributed by atoms with Crippen LogP contribution in [-0.2, 0) is 13.0 Å².